The summed E-state index contributed by atoms with van der Waals surface area (Å²) in [6.45, 7) is 0. The molecule has 0 fully saturated rings. The van der Waals surface area contributed by atoms with Crippen LogP contribution in [-0.2, 0) is 0 Å². The SMILES string of the molecule is [c]1ccccc1-n1c2ccc(-c3ccccc3)cc2c2cc(-c3ccccc3)ccc21. The van der Waals surface area contributed by atoms with E-state index in [4.69, 9.17) is 0 Å². The molecule has 1 radical (unpaired) electrons. The first-order valence-electron chi connectivity index (χ1n) is 10.5. The van der Waals surface area contributed by atoms with Crippen LogP contribution < -0.4 is 0 Å². The molecule has 5 aromatic carbocycles. The van der Waals surface area contributed by atoms with Crippen LogP contribution in [0.4, 0.5) is 0 Å². The maximum Gasteiger partial charge on any atom is 0.0541 e. The molecule has 0 aliphatic heterocycles. The number of hydrogen-bond donors (Lipinski definition) is 0. The number of para-hydroxylation sites is 1. The number of rotatable bonds is 3. The minimum absolute atomic E-state index is 1.06. The van der Waals surface area contributed by atoms with E-state index in [-0.39, 0.29) is 0 Å². The molecule has 6 aromatic rings. The van der Waals surface area contributed by atoms with Gasteiger partial charge in [-0.2, -0.15) is 0 Å². The van der Waals surface area contributed by atoms with Gasteiger partial charge in [0.05, 0.1) is 16.7 Å². The van der Waals surface area contributed by atoms with E-state index in [0.717, 1.165) is 5.69 Å². The summed E-state index contributed by atoms with van der Waals surface area (Å²) >= 11 is 0. The average Bonchev–Trinajstić information content (AvgIpc) is 3.18. The van der Waals surface area contributed by atoms with E-state index in [1.807, 2.05) is 12.1 Å². The minimum atomic E-state index is 1.06. The van der Waals surface area contributed by atoms with Gasteiger partial charge in [-0.3, -0.25) is 0 Å². The lowest BCUT2D eigenvalue weighted by Gasteiger charge is -2.08. The number of hydrogen-bond acceptors (Lipinski definition) is 0. The van der Waals surface area contributed by atoms with Crippen LogP contribution in [0.15, 0.2) is 121 Å². The molecule has 0 saturated heterocycles. The summed E-state index contributed by atoms with van der Waals surface area (Å²) in [6.07, 6.45) is 0. The second kappa shape index (κ2) is 7.30. The van der Waals surface area contributed by atoms with Crippen LogP contribution in [0, 0.1) is 6.07 Å². The van der Waals surface area contributed by atoms with Crippen molar-refractivity contribution in [1.82, 2.24) is 4.57 Å². The highest BCUT2D eigenvalue weighted by molar-refractivity contribution is 6.11. The first-order valence-corrected chi connectivity index (χ1v) is 10.5. The topological polar surface area (TPSA) is 4.93 Å². The minimum Gasteiger partial charge on any atom is -0.309 e. The van der Waals surface area contributed by atoms with E-state index in [1.54, 1.807) is 0 Å². The first kappa shape index (κ1) is 17.7. The predicted molar refractivity (Wildman–Crippen MR) is 130 cm³/mol. The monoisotopic (exact) mass is 394 g/mol. The third kappa shape index (κ3) is 3.03. The third-order valence-corrected chi connectivity index (χ3v) is 5.91. The zero-order chi connectivity index (χ0) is 20.6. The molecule has 1 nitrogen and oxygen atoms in total. The first-order chi connectivity index (χ1) is 15.4. The Morgan fingerprint density at radius 3 is 1.45 bits per heavy atom. The lowest BCUT2D eigenvalue weighted by molar-refractivity contribution is 1.18. The Labute approximate surface area is 181 Å². The van der Waals surface area contributed by atoms with Crippen LogP contribution in [0.3, 0.4) is 0 Å². The Kier molecular flexibility index (Phi) is 4.18. The van der Waals surface area contributed by atoms with Gasteiger partial charge in [-0.05, 0) is 52.6 Å². The lowest BCUT2D eigenvalue weighted by atomic mass is 10.0. The Morgan fingerprint density at radius 1 is 0.452 bits per heavy atom. The van der Waals surface area contributed by atoms with Gasteiger partial charge in [0.15, 0.2) is 0 Å². The molecule has 1 heteroatoms. The molecule has 0 aliphatic rings. The standard InChI is InChI=1S/C30H20N/c1-4-10-22(11-5-1)24-16-18-29-27(20-24)28-21-25(23-12-6-2-7-13-23)17-19-30(28)31(29)26-14-8-3-9-15-26/h1-14,16-21H. The lowest BCUT2D eigenvalue weighted by Crippen LogP contribution is -1.93. The number of nitrogens with zero attached hydrogens (tertiary/aromatic N) is 1. The maximum atomic E-state index is 3.41. The van der Waals surface area contributed by atoms with Gasteiger partial charge in [-0.25, -0.2) is 0 Å². The summed E-state index contributed by atoms with van der Waals surface area (Å²) in [6, 6.07) is 46.3. The van der Waals surface area contributed by atoms with Gasteiger partial charge in [-0.15, -0.1) is 0 Å². The van der Waals surface area contributed by atoms with E-state index in [9.17, 15) is 0 Å². The molecular weight excluding hydrogens is 374 g/mol. The fourth-order valence-electron chi connectivity index (χ4n) is 4.43. The molecule has 145 valence electrons. The molecule has 0 amide bonds. The van der Waals surface area contributed by atoms with Gasteiger partial charge >= 0.3 is 0 Å². The number of aromatic nitrogens is 1. The van der Waals surface area contributed by atoms with Gasteiger partial charge in [0.2, 0.25) is 0 Å². The fourth-order valence-corrected chi connectivity index (χ4v) is 4.43. The zero-order valence-corrected chi connectivity index (χ0v) is 17.0. The van der Waals surface area contributed by atoms with E-state index in [1.165, 1.54) is 44.1 Å². The van der Waals surface area contributed by atoms with Gasteiger partial charge in [0.1, 0.15) is 0 Å². The molecular formula is C30H20N. The van der Waals surface area contributed by atoms with Crippen molar-refractivity contribution in [1.29, 1.82) is 0 Å². The Balaban J connectivity index is 1.67. The molecule has 0 N–H and O–H groups in total. The van der Waals surface area contributed by atoms with Crippen LogP contribution >= 0.6 is 0 Å². The second-order valence-electron chi connectivity index (χ2n) is 7.78. The van der Waals surface area contributed by atoms with E-state index >= 15 is 0 Å². The molecule has 6 rings (SSSR count). The van der Waals surface area contributed by atoms with Crippen molar-refractivity contribution in [2.24, 2.45) is 0 Å². The largest absolute Gasteiger partial charge is 0.309 e. The van der Waals surface area contributed by atoms with Crippen LogP contribution in [0.5, 0.6) is 0 Å². The van der Waals surface area contributed by atoms with Crippen LogP contribution in [0.1, 0.15) is 0 Å². The number of benzene rings is 5. The highest BCUT2D eigenvalue weighted by atomic mass is 15.0. The van der Waals surface area contributed by atoms with E-state index in [2.05, 4.69) is 120 Å². The third-order valence-electron chi connectivity index (χ3n) is 5.91. The van der Waals surface area contributed by atoms with Crippen LogP contribution in [0.25, 0.3) is 49.7 Å². The van der Waals surface area contributed by atoms with Crippen molar-refractivity contribution < 1.29 is 0 Å². The molecule has 0 unspecified atom stereocenters. The normalized spacial score (nSPS) is 11.2. The molecule has 0 aliphatic carbocycles. The van der Waals surface area contributed by atoms with Crippen molar-refractivity contribution in [3.05, 3.63) is 127 Å². The summed E-state index contributed by atoms with van der Waals surface area (Å²) in [5.41, 5.74) is 8.38. The van der Waals surface area contributed by atoms with Gasteiger partial charge in [-0.1, -0.05) is 91.0 Å². The van der Waals surface area contributed by atoms with Crippen molar-refractivity contribution in [3.63, 3.8) is 0 Å². The number of fused-ring (bicyclic) bond motifs is 3. The summed E-state index contributed by atoms with van der Waals surface area (Å²) < 4.78 is 2.31. The quantitative estimate of drug-likeness (QED) is 0.287. The summed E-state index contributed by atoms with van der Waals surface area (Å²) in [5.74, 6) is 0. The van der Waals surface area contributed by atoms with Crippen molar-refractivity contribution in [2.45, 2.75) is 0 Å². The van der Waals surface area contributed by atoms with Crippen LogP contribution in [-0.4, -0.2) is 4.57 Å². The summed E-state index contributed by atoms with van der Waals surface area (Å²) in [5, 5.41) is 2.51. The molecule has 31 heavy (non-hydrogen) atoms. The Hall–Kier alpha value is -4.10. The zero-order valence-electron chi connectivity index (χ0n) is 17.0. The van der Waals surface area contributed by atoms with E-state index in [0.29, 0.717) is 0 Å². The van der Waals surface area contributed by atoms with Crippen LogP contribution in [0.2, 0.25) is 0 Å². The van der Waals surface area contributed by atoms with Crippen molar-refractivity contribution >= 4 is 21.8 Å². The molecule has 0 atom stereocenters. The van der Waals surface area contributed by atoms with Gasteiger partial charge in [0, 0.05) is 16.8 Å². The van der Waals surface area contributed by atoms with Crippen molar-refractivity contribution in [2.75, 3.05) is 0 Å². The summed E-state index contributed by atoms with van der Waals surface area (Å²) in [4.78, 5) is 0. The summed E-state index contributed by atoms with van der Waals surface area (Å²) in [7, 11) is 0. The van der Waals surface area contributed by atoms with Gasteiger partial charge in [0.25, 0.3) is 0 Å². The average molecular weight is 394 g/mol. The highest BCUT2D eigenvalue weighted by Gasteiger charge is 2.14. The highest BCUT2D eigenvalue weighted by Crippen LogP contribution is 2.36. The predicted octanol–water partition coefficient (Wildman–Crippen LogP) is 7.92. The molecule has 1 aromatic heterocycles. The van der Waals surface area contributed by atoms with Crippen molar-refractivity contribution in [3.8, 4) is 27.9 Å². The van der Waals surface area contributed by atoms with E-state index < -0.39 is 0 Å². The Bertz CT molecular complexity index is 1400. The maximum absolute atomic E-state index is 3.41. The smallest absolute Gasteiger partial charge is 0.0541 e. The molecule has 0 bridgehead atoms. The Morgan fingerprint density at radius 2 is 0.968 bits per heavy atom. The second-order valence-corrected chi connectivity index (χ2v) is 7.78. The molecule has 0 spiro atoms. The molecule has 1 heterocycles. The fraction of sp³-hybridized carbons (Fsp3) is 0. The molecule has 0 saturated carbocycles. The van der Waals surface area contributed by atoms with Gasteiger partial charge < -0.3 is 4.57 Å².